The van der Waals surface area contributed by atoms with Gasteiger partial charge in [0.05, 0.1) is 5.92 Å². The molecule has 2 aromatic rings. The number of thiazole rings is 1. The molecule has 0 aliphatic carbocycles. The monoisotopic (exact) mass is 322 g/mol. The van der Waals surface area contributed by atoms with E-state index in [4.69, 9.17) is 5.11 Å². The molecular formula is C14H14N2O3S2. The molecule has 2 N–H and O–H groups in total. The smallest absolute Gasteiger partial charge is 0.355 e. The standard InChI is InChI=1S/C14H14N2O3S2/c17-12(16-14-15-11(8-21-14)13(18)19)10(7-20)6-9-4-2-1-3-5-9/h1-5,8,10,20H,6-7H2,(H,18,19)(H,15,16,17). The number of benzene rings is 1. The van der Waals surface area contributed by atoms with Gasteiger partial charge in [-0.3, -0.25) is 4.79 Å². The second-order valence-electron chi connectivity index (χ2n) is 4.40. The Morgan fingerprint density at radius 2 is 2.05 bits per heavy atom. The maximum atomic E-state index is 12.2. The van der Waals surface area contributed by atoms with Gasteiger partial charge in [-0.1, -0.05) is 30.3 Å². The minimum absolute atomic E-state index is 0.0687. The van der Waals surface area contributed by atoms with Crippen molar-refractivity contribution >= 4 is 41.0 Å². The number of carboxylic acid groups (broad SMARTS) is 1. The van der Waals surface area contributed by atoms with Crippen LogP contribution in [0.2, 0.25) is 0 Å². The van der Waals surface area contributed by atoms with Crippen LogP contribution >= 0.6 is 24.0 Å². The Morgan fingerprint density at radius 3 is 2.62 bits per heavy atom. The van der Waals surface area contributed by atoms with E-state index in [1.807, 2.05) is 30.3 Å². The molecule has 21 heavy (non-hydrogen) atoms. The molecule has 0 saturated carbocycles. The summed E-state index contributed by atoms with van der Waals surface area (Å²) >= 11 is 5.31. The van der Waals surface area contributed by atoms with Gasteiger partial charge in [-0.15, -0.1) is 11.3 Å². The fourth-order valence-electron chi connectivity index (χ4n) is 1.78. The Bertz CT molecular complexity index is 628. The summed E-state index contributed by atoms with van der Waals surface area (Å²) in [5.41, 5.74) is 0.984. The van der Waals surface area contributed by atoms with Gasteiger partial charge >= 0.3 is 5.97 Å². The summed E-state index contributed by atoms with van der Waals surface area (Å²) in [5, 5.41) is 13.1. The third-order valence-corrected chi connectivity index (χ3v) is 4.07. The van der Waals surface area contributed by atoms with Crippen molar-refractivity contribution in [2.75, 3.05) is 11.1 Å². The number of amides is 1. The SMILES string of the molecule is O=C(O)c1csc(NC(=O)C(CS)Cc2ccccc2)n1. The summed E-state index contributed by atoms with van der Waals surface area (Å²) in [4.78, 5) is 26.8. The maximum absolute atomic E-state index is 12.2. The van der Waals surface area contributed by atoms with Crippen LogP contribution in [0.25, 0.3) is 0 Å². The minimum atomic E-state index is -1.11. The van der Waals surface area contributed by atoms with E-state index in [9.17, 15) is 9.59 Å². The quantitative estimate of drug-likeness (QED) is 0.714. The molecule has 1 amide bonds. The van der Waals surface area contributed by atoms with Gasteiger partial charge in [-0.2, -0.15) is 12.6 Å². The average Bonchev–Trinajstić information content (AvgIpc) is 2.94. The van der Waals surface area contributed by atoms with Crippen molar-refractivity contribution in [3.8, 4) is 0 Å². The molecule has 1 atom stereocenters. The van der Waals surface area contributed by atoms with E-state index in [2.05, 4.69) is 22.9 Å². The van der Waals surface area contributed by atoms with Crippen molar-refractivity contribution in [1.29, 1.82) is 0 Å². The first kappa shape index (κ1) is 15.5. The fourth-order valence-corrected chi connectivity index (χ4v) is 2.76. The van der Waals surface area contributed by atoms with Crippen LogP contribution in [0.1, 0.15) is 16.1 Å². The normalized spacial score (nSPS) is 11.9. The Hall–Kier alpha value is -1.86. The van der Waals surface area contributed by atoms with Crippen LogP contribution in [-0.2, 0) is 11.2 Å². The molecule has 0 saturated heterocycles. The van der Waals surface area contributed by atoms with Crippen LogP contribution in [0.5, 0.6) is 0 Å². The van der Waals surface area contributed by atoms with Crippen LogP contribution in [0.4, 0.5) is 5.13 Å². The van der Waals surface area contributed by atoms with Gasteiger partial charge in [0.1, 0.15) is 0 Å². The van der Waals surface area contributed by atoms with Crippen molar-refractivity contribution in [3.63, 3.8) is 0 Å². The van der Waals surface area contributed by atoms with E-state index < -0.39 is 5.97 Å². The van der Waals surface area contributed by atoms with Gasteiger partial charge in [-0.25, -0.2) is 9.78 Å². The number of hydrogen-bond acceptors (Lipinski definition) is 5. The molecule has 0 aliphatic heterocycles. The lowest BCUT2D eigenvalue weighted by atomic mass is 10.0. The van der Waals surface area contributed by atoms with Crippen molar-refractivity contribution in [3.05, 3.63) is 47.0 Å². The highest BCUT2D eigenvalue weighted by molar-refractivity contribution is 7.80. The van der Waals surface area contributed by atoms with Crippen molar-refractivity contribution < 1.29 is 14.7 Å². The van der Waals surface area contributed by atoms with Crippen LogP contribution in [0.3, 0.4) is 0 Å². The molecule has 110 valence electrons. The molecule has 1 aromatic heterocycles. The number of carbonyl (C=O) groups excluding carboxylic acids is 1. The van der Waals surface area contributed by atoms with Crippen molar-refractivity contribution in [2.45, 2.75) is 6.42 Å². The van der Waals surface area contributed by atoms with E-state index in [1.165, 1.54) is 5.38 Å². The number of thiol groups is 1. The Balaban J connectivity index is 2.01. The topological polar surface area (TPSA) is 79.3 Å². The van der Waals surface area contributed by atoms with E-state index >= 15 is 0 Å². The van der Waals surface area contributed by atoms with E-state index in [1.54, 1.807) is 0 Å². The summed E-state index contributed by atoms with van der Waals surface area (Å²) in [6.07, 6.45) is 0.577. The lowest BCUT2D eigenvalue weighted by molar-refractivity contribution is -0.119. The van der Waals surface area contributed by atoms with Crippen molar-refractivity contribution in [2.24, 2.45) is 5.92 Å². The minimum Gasteiger partial charge on any atom is -0.476 e. The molecule has 0 aliphatic rings. The second-order valence-corrected chi connectivity index (χ2v) is 5.62. The van der Waals surface area contributed by atoms with E-state index in [0.717, 1.165) is 16.9 Å². The molecule has 1 aromatic carbocycles. The van der Waals surface area contributed by atoms with Crippen molar-refractivity contribution in [1.82, 2.24) is 4.98 Å². The third kappa shape index (κ3) is 4.30. The first-order chi connectivity index (χ1) is 10.1. The summed E-state index contributed by atoms with van der Waals surface area (Å²) in [6, 6.07) is 9.67. The van der Waals surface area contributed by atoms with Crippen LogP contribution < -0.4 is 5.32 Å². The lowest BCUT2D eigenvalue weighted by Crippen LogP contribution is -2.26. The molecule has 0 spiro atoms. The zero-order valence-corrected chi connectivity index (χ0v) is 12.7. The Kier molecular flexibility index (Phi) is 5.35. The zero-order chi connectivity index (χ0) is 15.2. The summed E-state index contributed by atoms with van der Waals surface area (Å²) in [5.74, 6) is -1.22. The van der Waals surface area contributed by atoms with Crippen LogP contribution in [-0.4, -0.2) is 27.7 Å². The predicted molar refractivity (Wildman–Crippen MR) is 85.2 cm³/mol. The number of carboxylic acids is 1. The van der Waals surface area contributed by atoms with Gasteiger partial charge in [-0.05, 0) is 12.0 Å². The molecule has 7 heteroatoms. The van der Waals surface area contributed by atoms with Gasteiger partial charge < -0.3 is 10.4 Å². The van der Waals surface area contributed by atoms with E-state index in [-0.39, 0.29) is 22.7 Å². The Morgan fingerprint density at radius 1 is 1.33 bits per heavy atom. The summed E-state index contributed by atoms with van der Waals surface area (Å²) in [7, 11) is 0. The molecular weight excluding hydrogens is 308 g/mol. The molecule has 5 nitrogen and oxygen atoms in total. The van der Waals surface area contributed by atoms with Gasteiger partial charge in [0, 0.05) is 11.1 Å². The number of nitrogens with zero attached hydrogens (tertiary/aromatic N) is 1. The number of carbonyl (C=O) groups is 2. The zero-order valence-electron chi connectivity index (χ0n) is 11.0. The second kappa shape index (κ2) is 7.24. The Labute approximate surface area is 131 Å². The third-order valence-electron chi connectivity index (χ3n) is 2.87. The molecule has 0 radical (unpaired) electrons. The number of anilines is 1. The highest BCUT2D eigenvalue weighted by Crippen LogP contribution is 2.18. The average molecular weight is 322 g/mol. The maximum Gasteiger partial charge on any atom is 0.355 e. The summed E-state index contributed by atoms with van der Waals surface area (Å²) in [6.45, 7) is 0. The summed E-state index contributed by atoms with van der Waals surface area (Å²) < 4.78 is 0. The number of hydrogen-bond donors (Lipinski definition) is 3. The van der Waals surface area contributed by atoms with Gasteiger partial charge in [0.2, 0.25) is 5.91 Å². The highest BCUT2D eigenvalue weighted by Gasteiger charge is 2.19. The number of nitrogens with one attached hydrogen (secondary N) is 1. The highest BCUT2D eigenvalue weighted by atomic mass is 32.1. The molecule has 1 heterocycles. The fraction of sp³-hybridized carbons (Fsp3) is 0.214. The molecule has 0 bridgehead atoms. The number of aromatic nitrogens is 1. The molecule has 1 unspecified atom stereocenters. The van der Waals surface area contributed by atoms with Gasteiger partial charge in [0.15, 0.2) is 10.8 Å². The molecule has 2 rings (SSSR count). The van der Waals surface area contributed by atoms with Crippen LogP contribution in [0, 0.1) is 5.92 Å². The molecule has 0 fully saturated rings. The first-order valence-electron chi connectivity index (χ1n) is 6.24. The predicted octanol–water partition coefficient (Wildman–Crippen LogP) is 2.57. The first-order valence-corrected chi connectivity index (χ1v) is 7.76. The largest absolute Gasteiger partial charge is 0.476 e. The lowest BCUT2D eigenvalue weighted by Gasteiger charge is -2.13. The van der Waals surface area contributed by atoms with Gasteiger partial charge in [0.25, 0.3) is 0 Å². The number of rotatable bonds is 6. The van der Waals surface area contributed by atoms with E-state index in [0.29, 0.717) is 12.2 Å². The number of aromatic carboxylic acids is 1. The van der Waals surface area contributed by atoms with Crippen LogP contribution in [0.15, 0.2) is 35.7 Å².